The lowest BCUT2D eigenvalue weighted by atomic mass is 10.2. The quantitative estimate of drug-likeness (QED) is 0.911. The highest BCUT2D eigenvalue weighted by Crippen LogP contribution is 2.21. The molecule has 0 saturated heterocycles. The molecule has 5 nitrogen and oxygen atoms in total. The Kier molecular flexibility index (Phi) is 3.55. The van der Waals surface area contributed by atoms with Gasteiger partial charge in [-0.3, -0.25) is 0 Å². The SMILES string of the molecule is N=S(=O)(c1ccc(C(=O)O)cc1)c1ccc(Cl)cn1. The van der Waals surface area contributed by atoms with Crippen LogP contribution in [0.3, 0.4) is 0 Å². The molecular weight excluding hydrogens is 288 g/mol. The molecule has 7 heteroatoms. The Morgan fingerprint density at radius 2 is 1.84 bits per heavy atom. The molecule has 0 aliphatic rings. The van der Waals surface area contributed by atoms with Crippen LogP contribution in [0.15, 0.2) is 52.5 Å². The zero-order chi connectivity index (χ0) is 14.0. The molecular formula is C12H9ClN2O3S. The lowest BCUT2D eigenvalue weighted by Gasteiger charge is -2.07. The third-order valence-electron chi connectivity index (χ3n) is 2.43. The Morgan fingerprint density at radius 1 is 1.21 bits per heavy atom. The molecule has 1 aromatic carbocycles. The van der Waals surface area contributed by atoms with Gasteiger partial charge in [0.15, 0.2) is 0 Å². The van der Waals surface area contributed by atoms with E-state index in [1.165, 1.54) is 42.6 Å². The Hall–Kier alpha value is -1.92. The number of nitrogens with one attached hydrogen (secondary N) is 1. The van der Waals surface area contributed by atoms with Gasteiger partial charge in [0.05, 0.1) is 15.5 Å². The highest BCUT2D eigenvalue weighted by atomic mass is 35.5. The number of rotatable bonds is 3. The van der Waals surface area contributed by atoms with Crippen molar-refractivity contribution in [1.29, 1.82) is 4.78 Å². The Morgan fingerprint density at radius 3 is 2.32 bits per heavy atom. The molecule has 0 bridgehead atoms. The average Bonchev–Trinajstić information content (AvgIpc) is 2.39. The fraction of sp³-hybridized carbons (Fsp3) is 0. The molecule has 1 aromatic heterocycles. The number of carboxylic acids is 1. The maximum Gasteiger partial charge on any atom is 0.335 e. The summed E-state index contributed by atoms with van der Waals surface area (Å²) in [6.07, 6.45) is 1.32. The third kappa shape index (κ3) is 2.74. The highest BCUT2D eigenvalue weighted by Gasteiger charge is 2.15. The van der Waals surface area contributed by atoms with Crippen LogP contribution in [0.1, 0.15) is 10.4 Å². The summed E-state index contributed by atoms with van der Waals surface area (Å²) in [6, 6.07) is 8.25. The van der Waals surface area contributed by atoms with Gasteiger partial charge in [-0.25, -0.2) is 18.8 Å². The summed E-state index contributed by atoms with van der Waals surface area (Å²) >= 11 is 5.68. The van der Waals surface area contributed by atoms with Crippen LogP contribution in [-0.4, -0.2) is 20.3 Å². The van der Waals surface area contributed by atoms with E-state index in [0.717, 1.165) is 0 Å². The van der Waals surface area contributed by atoms with Gasteiger partial charge in [-0.1, -0.05) is 11.6 Å². The second-order valence-electron chi connectivity index (χ2n) is 3.70. The van der Waals surface area contributed by atoms with Gasteiger partial charge in [-0.15, -0.1) is 0 Å². The lowest BCUT2D eigenvalue weighted by Crippen LogP contribution is -2.03. The number of aromatic nitrogens is 1. The van der Waals surface area contributed by atoms with Crippen LogP contribution in [0, 0.1) is 4.78 Å². The zero-order valence-electron chi connectivity index (χ0n) is 9.54. The van der Waals surface area contributed by atoms with Gasteiger partial charge in [0.2, 0.25) is 0 Å². The summed E-state index contributed by atoms with van der Waals surface area (Å²) in [4.78, 5) is 14.8. The normalized spacial score (nSPS) is 13.7. The standard InChI is InChI=1S/C12H9ClN2O3S/c13-9-3-6-11(15-7-9)19(14,18)10-4-1-8(2-5-10)12(16)17/h1-7,14H,(H,16,17). The molecule has 2 rings (SSSR count). The summed E-state index contributed by atoms with van der Waals surface area (Å²) in [5.41, 5.74) is 0.0722. The molecule has 2 aromatic rings. The van der Waals surface area contributed by atoms with E-state index in [1.807, 2.05) is 0 Å². The first-order valence-electron chi connectivity index (χ1n) is 5.15. The molecule has 2 N–H and O–H groups in total. The molecule has 1 heterocycles. The summed E-state index contributed by atoms with van der Waals surface area (Å²) in [5, 5.41) is 9.25. The third-order valence-corrected chi connectivity index (χ3v) is 4.42. The zero-order valence-corrected chi connectivity index (χ0v) is 11.1. The summed E-state index contributed by atoms with van der Waals surface area (Å²) in [7, 11) is -3.26. The van der Waals surface area contributed by atoms with Gasteiger partial charge in [-0.2, -0.15) is 0 Å². The van der Waals surface area contributed by atoms with Crippen molar-refractivity contribution < 1.29 is 14.1 Å². The molecule has 1 unspecified atom stereocenters. The first-order valence-corrected chi connectivity index (χ1v) is 7.08. The molecule has 0 aliphatic heterocycles. The minimum atomic E-state index is -3.26. The molecule has 98 valence electrons. The van der Waals surface area contributed by atoms with Crippen LogP contribution < -0.4 is 0 Å². The van der Waals surface area contributed by atoms with Gasteiger partial charge in [0, 0.05) is 6.20 Å². The first-order chi connectivity index (χ1) is 8.91. The fourth-order valence-corrected chi connectivity index (χ4v) is 2.78. The van der Waals surface area contributed by atoms with Gasteiger partial charge in [0.1, 0.15) is 14.8 Å². The lowest BCUT2D eigenvalue weighted by molar-refractivity contribution is 0.0697. The number of benzene rings is 1. The fourth-order valence-electron chi connectivity index (χ4n) is 1.44. The Balaban J connectivity index is 2.44. The van der Waals surface area contributed by atoms with Crippen LogP contribution in [0.2, 0.25) is 5.02 Å². The summed E-state index contributed by atoms with van der Waals surface area (Å²) in [6.45, 7) is 0. The van der Waals surface area contributed by atoms with E-state index >= 15 is 0 Å². The first kappa shape index (κ1) is 13.5. The Bertz CT molecular complexity index is 710. The predicted octanol–water partition coefficient (Wildman–Crippen LogP) is 2.90. The maximum atomic E-state index is 12.4. The van der Waals surface area contributed by atoms with E-state index in [-0.39, 0.29) is 15.5 Å². The maximum absolute atomic E-state index is 12.4. The van der Waals surface area contributed by atoms with E-state index < -0.39 is 15.7 Å². The molecule has 0 fully saturated rings. The molecule has 0 saturated carbocycles. The smallest absolute Gasteiger partial charge is 0.335 e. The number of hydrogen-bond donors (Lipinski definition) is 2. The van der Waals surface area contributed by atoms with Gasteiger partial charge >= 0.3 is 5.97 Å². The second-order valence-corrected chi connectivity index (χ2v) is 6.14. The molecule has 1 atom stereocenters. The van der Waals surface area contributed by atoms with Crippen molar-refractivity contribution >= 4 is 27.3 Å². The van der Waals surface area contributed by atoms with E-state index in [9.17, 15) is 9.00 Å². The molecule has 0 aliphatic carbocycles. The van der Waals surface area contributed by atoms with Gasteiger partial charge < -0.3 is 5.11 Å². The number of hydrogen-bond acceptors (Lipinski definition) is 4. The molecule has 0 radical (unpaired) electrons. The Labute approximate surface area is 114 Å². The minimum Gasteiger partial charge on any atom is -0.478 e. The van der Waals surface area contributed by atoms with Crippen molar-refractivity contribution in [2.24, 2.45) is 0 Å². The van der Waals surface area contributed by atoms with Crippen LogP contribution in [0.25, 0.3) is 0 Å². The van der Waals surface area contributed by atoms with Crippen molar-refractivity contribution in [3.63, 3.8) is 0 Å². The number of nitrogens with zero attached hydrogens (tertiary/aromatic N) is 1. The predicted molar refractivity (Wildman–Crippen MR) is 70.0 cm³/mol. The van der Waals surface area contributed by atoms with E-state index in [2.05, 4.69) is 4.98 Å². The van der Waals surface area contributed by atoms with Gasteiger partial charge in [-0.05, 0) is 36.4 Å². The highest BCUT2D eigenvalue weighted by molar-refractivity contribution is 7.92. The number of pyridine rings is 1. The second kappa shape index (κ2) is 4.99. The summed E-state index contributed by atoms with van der Waals surface area (Å²) in [5.74, 6) is -1.08. The van der Waals surface area contributed by atoms with Crippen molar-refractivity contribution in [2.75, 3.05) is 0 Å². The van der Waals surface area contributed by atoms with Crippen molar-refractivity contribution in [3.8, 4) is 0 Å². The van der Waals surface area contributed by atoms with Crippen LogP contribution in [0.4, 0.5) is 0 Å². The van der Waals surface area contributed by atoms with Crippen LogP contribution in [-0.2, 0) is 9.73 Å². The number of halogens is 1. The van der Waals surface area contributed by atoms with Crippen LogP contribution in [0.5, 0.6) is 0 Å². The molecule has 19 heavy (non-hydrogen) atoms. The van der Waals surface area contributed by atoms with E-state index in [1.54, 1.807) is 0 Å². The van der Waals surface area contributed by atoms with Crippen LogP contribution >= 0.6 is 11.6 Å². The minimum absolute atomic E-state index is 0.0722. The van der Waals surface area contributed by atoms with Crippen molar-refractivity contribution in [3.05, 3.63) is 53.2 Å². The largest absolute Gasteiger partial charge is 0.478 e. The topological polar surface area (TPSA) is 91.1 Å². The molecule has 0 amide bonds. The van der Waals surface area contributed by atoms with E-state index in [4.69, 9.17) is 21.5 Å². The monoisotopic (exact) mass is 296 g/mol. The number of carboxylic acid groups (broad SMARTS) is 1. The average molecular weight is 297 g/mol. The molecule has 0 spiro atoms. The summed E-state index contributed by atoms with van der Waals surface area (Å²) < 4.78 is 20.3. The van der Waals surface area contributed by atoms with Crippen molar-refractivity contribution in [1.82, 2.24) is 4.98 Å². The van der Waals surface area contributed by atoms with E-state index in [0.29, 0.717) is 5.02 Å². The number of aromatic carboxylic acids is 1. The van der Waals surface area contributed by atoms with Crippen molar-refractivity contribution in [2.45, 2.75) is 9.92 Å². The van der Waals surface area contributed by atoms with Gasteiger partial charge in [0.25, 0.3) is 0 Å². The number of carbonyl (C=O) groups is 1.